The molecule has 0 aliphatic rings. The van der Waals surface area contributed by atoms with Crippen molar-refractivity contribution in [1.29, 1.82) is 0 Å². The highest BCUT2D eigenvalue weighted by atomic mass is 79.9. The first-order valence-corrected chi connectivity index (χ1v) is 7.03. The van der Waals surface area contributed by atoms with Gasteiger partial charge in [0.05, 0.1) is 18.0 Å². The summed E-state index contributed by atoms with van der Waals surface area (Å²) < 4.78 is 20.0. The topological polar surface area (TPSA) is 38.5 Å². The lowest BCUT2D eigenvalue weighted by Gasteiger charge is -2.22. The maximum atomic E-state index is 13.9. The number of ether oxygens (including phenoxy) is 1. The summed E-state index contributed by atoms with van der Waals surface area (Å²) in [5.74, 6) is -0.125. The van der Waals surface area contributed by atoms with Crippen molar-refractivity contribution in [2.75, 3.05) is 24.3 Å². The van der Waals surface area contributed by atoms with E-state index in [9.17, 15) is 4.39 Å². The van der Waals surface area contributed by atoms with Crippen molar-refractivity contribution < 1.29 is 9.13 Å². The molecule has 0 bridgehead atoms. The summed E-state index contributed by atoms with van der Waals surface area (Å²) in [5.41, 5.74) is 8.13. The maximum Gasteiger partial charge on any atom is 0.167 e. The number of hydrogen-bond donors (Lipinski definition) is 1. The lowest BCUT2D eigenvalue weighted by molar-refractivity contribution is 0.321. The quantitative estimate of drug-likeness (QED) is 0.843. The highest BCUT2D eigenvalue weighted by molar-refractivity contribution is 9.10. The third kappa shape index (κ3) is 3.04. The van der Waals surface area contributed by atoms with Gasteiger partial charge in [0.2, 0.25) is 0 Å². The Morgan fingerprint density at radius 1 is 1.25 bits per heavy atom. The Balaban J connectivity index is 2.33. The molecule has 0 unspecified atom stereocenters. The van der Waals surface area contributed by atoms with Gasteiger partial charge in [-0.05, 0) is 37.3 Å². The molecule has 2 N–H and O–H groups in total. The molecule has 5 heteroatoms. The van der Waals surface area contributed by atoms with E-state index in [1.165, 1.54) is 6.07 Å². The third-order valence-corrected chi connectivity index (χ3v) is 3.45. The van der Waals surface area contributed by atoms with Gasteiger partial charge < -0.3 is 15.4 Å². The molecule has 0 amide bonds. The zero-order valence-corrected chi connectivity index (χ0v) is 12.9. The van der Waals surface area contributed by atoms with Crippen molar-refractivity contribution >= 4 is 33.0 Å². The molecule has 3 nitrogen and oxygen atoms in total. The number of halogens is 2. The smallest absolute Gasteiger partial charge is 0.167 e. The SMILES string of the molecule is CCOc1ccc(N(C)c2ccc(Br)cc2N)cc1F. The molecule has 2 rings (SSSR count). The minimum Gasteiger partial charge on any atom is -0.491 e. The fourth-order valence-corrected chi connectivity index (χ4v) is 2.32. The van der Waals surface area contributed by atoms with Gasteiger partial charge in [-0.25, -0.2) is 4.39 Å². The minimum atomic E-state index is -0.383. The summed E-state index contributed by atoms with van der Waals surface area (Å²) in [6.07, 6.45) is 0. The standard InChI is InChI=1S/C15H16BrFN2O/c1-3-20-15-7-5-11(9-12(15)17)19(2)14-6-4-10(16)8-13(14)18/h4-9H,3,18H2,1-2H3. The Morgan fingerprint density at radius 2 is 2.00 bits per heavy atom. The lowest BCUT2D eigenvalue weighted by atomic mass is 10.2. The van der Waals surface area contributed by atoms with Crippen LogP contribution in [0.5, 0.6) is 5.75 Å². The summed E-state index contributed by atoms with van der Waals surface area (Å²) in [5, 5.41) is 0. The zero-order valence-electron chi connectivity index (χ0n) is 11.4. The molecule has 0 saturated heterocycles. The molecule has 0 spiro atoms. The van der Waals surface area contributed by atoms with E-state index in [1.807, 2.05) is 37.1 Å². The van der Waals surface area contributed by atoms with Crippen molar-refractivity contribution in [3.05, 3.63) is 46.7 Å². The van der Waals surface area contributed by atoms with E-state index in [2.05, 4.69) is 15.9 Å². The molecule has 106 valence electrons. The second-order valence-corrected chi connectivity index (χ2v) is 5.23. The predicted octanol–water partition coefficient (Wildman–Crippen LogP) is 4.34. The summed E-state index contributed by atoms with van der Waals surface area (Å²) in [7, 11) is 1.84. The summed E-state index contributed by atoms with van der Waals surface area (Å²) in [6.45, 7) is 2.26. The Morgan fingerprint density at radius 3 is 2.60 bits per heavy atom. The van der Waals surface area contributed by atoms with Gasteiger partial charge >= 0.3 is 0 Å². The van der Waals surface area contributed by atoms with Crippen molar-refractivity contribution in [3.63, 3.8) is 0 Å². The van der Waals surface area contributed by atoms with Gasteiger partial charge in [0, 0.05) is 23.3 Å². The average molecular weight is 339 g/mol. The third-order valence-electron chi connectivity index (χ3n) is 2.95. The van der Waals surface area contributed by atoms with Gasteiger partial charge in [0.1, 0.15) is 0 Å². The molecule has 20 heavy (non-hydrogen) atoms. The van der Waals surface area contributed by atoms with Crippen molar-refractivity contribution in [2.24, 2.45) is 0 Å². The Kier molecular flexibility index (Phi) is 4.49. The molecule has 0 radical (unpaired) electrons. The van der Waals surface area contributed by atoms with Gasteiger partial charge in [-0.1, -0.05) is 15.9 Å². The van der Waals surface area contributed by atoms with Crippen LogP contribution in [0.4, 0.5) is 21.5 Å². The monoisotopic (exact) mass is 338 g/mol. The van der Waals surface area contributed by atoms with Crippen molar-refractivity contribution in [3.8, 4) is 5.75 Å². The first-order chi connectivity index (χ1) is 9.52. The van der Waals surface area contributed by atoms with Gasteiger partial charge in [-0.15, -0.1) is 0 Å². The van der Waals surface area contributed by atoms with E-state index in [4.69, 9.17) is 10.5 Å². The highest BCUT2D eigenvalue weighted by Gasteiger charge is 2.11. The van der Waals surface area contributed by atoms with E-state index in [0.29, 0.717) is 18.0 Å². The molecule has 0 aromatic heterocycles. The largest absolute Gasteiger partial charge is 0.491 e. The maximum absolute atomic E-state index is 13.9. The van der Waals surface area contributed by atoms with Crippen molar-refractivity contribution in [1.82, 2.24) is 0 Å². The number of anilines is 3. The number of nitrogen functional groups attached to an aromatic ring is 1. The van der Waals surface area contributed by atoms with Gasteiger partial charge in [-0.3, -0.25) is 0 Å². The Hall–Kier alpha value is -1.75. The van der Waals surface area contributed by atoms with Crippen LogP contribution in [0, 0.1) is 5.82 Å². The number of benzene rings is 2. The summed E-state index contributed by atoms with van der Waals surface area (Å²) >= 11 is 3.36. The number of nitrogens with zero attached hydrogens (tertiary/aromatic N) is 1. The van der Waals surface area contributed by atoms with Crippen LogP contribution in [0.3, 0.4) is 0 Å². The molecule has 0 heterocycles. The Labute approximate surface area is 126 Å². The summed E-state index contributed by atoms with van der Waals surface area (Å²) in [4.78, 5) is 1.83. The van der Waals surface area contributed by atoms with E-state index in [-0.39, 0.29) is 11.6 Å². The van der Waals surface area contributed by atoms with Gasteiger partial charge in [0.15, 0.2) is 11.6 Å². The number of nitrogens with two attached hydrogens (primary N) is 1. The molecule has 0 fully saturated rings. The fraction of sp³-hybridized carbons (Fsp3) is 0.200. The van der Waals surface area contributed by atoms with Crippen molar-refractivity contribution in [2.45, 2.75) is 6.92 Å². The van der Waals surface area contributed by atoms with Crippen LogP contribution in [0.25, 0.3) is 0 Å². The normalized spacial score (nSPS) is 10.4. The van der Waals surface area contributed by atoms with Crippen LogP contribution in [0.2, 0.25) is 0 Å². The zero-order chi connectivity index (χ0) is 14.7. The second kappa shape index (κ2) is 6.13. The molecule has 0 aliphatic carbocycles. The number of hydrogen-bond acceptors (Lipinski definition) is 3. The van der Waals surface area contributed by atoms with Crippen LogP contribution in [-0.4, -0.2) is 13.7 Å². The lowest BCUT2D eigenvalue weighted by Crippen LogP contribution is -2.12. The molecular formula is C15H16BrFN2O. The molecule has 0 saturated carbocycles. The Bertz CT molecular complexity index is 619. The highest BCUT2D eigenvalue weighted by Crippen LogP contribution is 2.32. The second-order valence-electron chi connectivity index (χ2n) is 4.31. The molecule has 0 atom stereocenters. The predicted molar refractivity (Wildman–Crippen MR) is 84.2 cm³/mol. The van der Waals surface area contributed by atoms with Gasteiger partial charge in [0.25, 0.3) is 0 Å². The van der Waals surface area contributed by atoms with Crippen LogP contribution in [0.1, 0.15) is 6.92 Å². The first kappa shape index (κ1) is 14.7. The van der Waals surface area contributed by atoms with Crippen LogP contribution < -0.4 is 15.4 Å². The molecular weight excluding hydrogens is 323 g/mol. The van der Waals surface area contributed by atoms with E-state index in [1.54, 1.807) is 12.1 Å². The van der Waals surface area contributed by atoms with Crippen LogP contribution in [0.15, 0.2) is 40.9 Å². The van der Waals surface area contributed by atoms with E-state index >= 15 is 0 Å². The molecule has 0 aliphatic heterocycles. The van der Waals surface area contributed by atoms with Crippen LogP contribution >= 0.6 is 15.9 Å². The van der Waals surface area contributed by atoms with E-state index < -0.39 is 0 Å². The van der Waals surface area contributed by atoms with E-state index in [0.717, 1.165) is 10.2 Å². The van der Waals surface area contributed by atoms with Crippen LogP contribution in [-0.2, 0) is 0 Å². The molecule has 2 aromatic rings. The van der Waals surface area contributed by atoms with Gasteiger partial charge in [-0.2, -0.15) is 0 Å². The molecule has 2 aromatic carbocycles. The minimum absolute atomic E-state index is 0.258. The fourth-order valence-electron chi connectivity index (χ4n) is 1.94. The summed E-state index contributed by atoms with van der Waals surface area (Å²) in [6, 6.07) is 10.5. The average Bonchev–Trinajstić information content (AvgIpc) is 2.40. The number of rotatable bonds is 4. The first-order valence-electron chi connectivity index (χ1n) is 6.24.